The van der Waals surface area contributed by atoms with Crippen LogP contribution in [-0.4, -0.2) is 61.9 Å². The second-order valence-electron chi connectivity index (χ2n) is 15.4. The molecule has 14 heteroatoms. The molecule has 0 spiro atoms. The van der Waals surface area contributed by atoms with Gasteiger partial charge >= 0.3 is 5.97 Å². The highest BCUT2D eigenvalue weighted by molar-refractivity contribution is 8.02. The molecule has 2 aliphatic rings. The molecule has 1 saturated heterocycles. The number of carbonyl (C=O) groups is 3. The molecule has 2 aliphatic heterocycles. The average Bonchev–Trinajstić information content (AvgIpc) is 3.85. The standard InChI is InChI=1S/C53H43N5O6S3/c1-63-57-44(43-34-66-52(54-43)56-53(39-24-12-4-13-25-39,40-26-14-5-15-27-40)41-28-16-6-17-29-41)48(59)55-45-49(60)58-46(38(35-67(62)50(45)58)32-33-65-42-30-18-7-19-31-42)51(61)64-47(36-20-8-2-9-21-36)37-22-10-3-11-23-37/h2-34,45,47,50H,35H2,1H3,(H,54,56)(H,55,59)/b33-32+,57-44+. The summed E-state index contributed by atoms with van der Waals surface area (Å²) in [5.74, 6) is -2.26. The van der Waals surface area contributed by atoms with Crippen LogP contribution in [0.4, 0.5) is 5.13 Å². The van der Waals surface area contributed by atoms with Crippen molar-refractivity contribution in [2.45, 2.75) is 28.0 Å². The van der Waals surface area contributed by atoms with Crippen molar-refractivity contribution in [2.24, 2.45) is 5.16 Å². The van der Waals surface area contributed by atoms with Crippen molar-refractivity contribution in [1.82, 2.24) is 15.2 Å². The van der Waals surface area contributed by atoms with E-state index in [1.54, 1.807) is 16.9 Å². The number of nitrogens with one attached hydrogen (secondary N) is 2. The lowest BCUT2D eigenvalue weighted by molar-refractivity contribution is -0.154. The summed E-state index contributed by atoms with van der Waals surface area (Å²) in [7, 11) is -0.441. The Hall–Kier alpha value is -7.39. The van der Waals surface area contributed by atoms with Crippen molar-refractivity contribution in [1.29, 1.82) is 0 Å². The van der Waals surface area contributed by atoms with E-state index in [-0.39, 0.29) is 22.9 Å². The molecule has 9 rings (SSSR count). The number of β-lactam (4-membered cyclic amide) rings is 1. The number of hydrogen-bond donors (Lipinski definition) is 2. The number of esters is 1. The van der Waals surface area contributed by atoms with E-state index in [1.165, 1.54) is 35.1 Å². The Morgan fingerprint density at radius 3 is 1.82 bits per heavy atom. The minimum atomic E-state index is -1.75. The number of benzene rings is 6. The Kier molecular flexibility index (Phi) is 13.7. The van der Waals surface area contributed by atoms with Gasteiger partial charge in [0, 0.05) is 10.3 Å². The van der Waals surface area contributed by atoms with Crippen molar-refractivity contribution < 1.29 is 28.2 Å². The smallest absolute Gasteiger partial charge is 0.356 e. The number of thioether (sulfide) groups is 1. The minimum absolute atomic E-state index is 0.0402. The summed E-state index contributed by atoms with van der Waals surface area (Å²) in [4.78, 5) is 55.4. The van der Waals surface area contributed by atoms with Gasteiger partial charge in [0.1, 0.15) is 35.5 Å². The lowest BCUT2D eigenvalue weighted by atomic mass is 9.77. The maximum absolute atomic E-state index is 14.6. The summed E-state index contributed by atoms with van der Waals surface area (Å²) in [6, 6.07) is 57.1. The molecule has 6 aromatic carbocycles. The summed E-state index contributed by atoms with van der Waals surface area (Å²) in [5, 5.41) is 13.4. The van der Waals surface area contributed by atoms with E-state index in [0.29, 0.717) is 10.7 Å². The van der Waals surface area contributed by atoms with Gasteiger partial charge in [-0.05, 0) is 57.0 Å². The van der Waals surface area contributed by atoms with Crippen LogP contribution in [0.3, 0.4) is 0 Å². The van der Waals surface area contributed by atoms with E-state index in [2.05, 4.69) is 52.2 Å². The van der Waals surface area contributed by atoms with Crippen LogP contribution in [0.25, 0.3) is 0 Å². The van der Waals surface area contributed by atoms with E-state index < -0.39 is 51.6 Å². The minimum Gasteiger partial charge on any atom is -0.448 e. The SMILES string of the molecule is CO/N=C(/C(=O)NC1C(=O)N2C(C(=O)OC(c3ccccc3)c3ccccc3)=C(/C=C/Sc3ccccc3)CS(=O)C12)c1csc(NC(c2ccccc2)(c2ccccc2)c2ccccc2)n1. The number of nitrogens with zero attached hydrogens (tertiary/aromatic N) is 3. The first-order valence-electron chi connectivity index (χ1n) is 21.3. The zero-order chi connectivity index (χ0) is 46.2. The molecular weight excluding hydrogens is 899 g/mol. The Balaban J connectivity index is 1.00. The largest absolute Gasteiger partial charge is 0.448 e. The molecule has 0 aliphatic carbocycles. The summed E-state index contributed by atoms with van der Waals surface area (Å²) >= 11 is 2.68. The van der Waals surface area contributed by atoms with Gasteiger partial charge in [-0.15, -0.1) is 11.3 Å². The molecular formula is C53H43N5O6S3. The topological polar surface area (TPSA) is 139 Å². The zero-order valence-electron chi connectivity index (χ0n) is 36.0. The monoisotopic (exact) mass is 941 g/mol. The Bertz CT molecular complexity index is 2840. The van der Waals surface area contributed by atoms with Crippen LogP contribution < -0.4 is 10.6 Å². The van der Waals surface area contributed by atoms with Gasteiger partial charge in [-0.1, -0.05) is 187 Å². The van der Waals surface area contributed by atoms with Crippen molar-refractivity contribution in [3.63, 3.8) is 0 Å². The molecule has 7 aromatic rings. The van der Waals surface area contributed by atoms with Gasteiger partial charge in [-0.25, -0.2) is 9.78 Å². The normalized spacial score (nSPS) is 17.2. The lowest BCUT2D eigenvalue weighted by Gasteiger charge is -2.49. The molecule has 3 unspecified atom stereocenters. The van der Waals surface area contributed by atoms with Crippen LogP contribution in [-0.2, 0) is 40.3 Å². The first-order valence-corrected chi connectivity index (χ1v) is 24.4. The molecule has 1 fully saturated rings. The van der Waals surface area contributed by atoms with Gasteiger partial charge in [0.25, 0.3) is 11.8 Å². The fraction of sp³-hybridized carbons (Fsp3) is 0.113. The summed E-state index contributed by atoms with van der Waals surface area (Å²) < 4.78 is 20.5. The van der Waals surface area contributed by atoms with E-state index in [4.69, 9.17) is 14.6 Å². The predicted octanol–water partition coefficient (Wildman–Crippen LogP) is 9.21. The van der Waals surface area contributed by atoms with Crippen molar-refractivity contribution in [3.05, 3.63) is 244 Å². The molecule has 2 amide bonds. The Labute approximate surface area is 398 Å². The highest BCUT2D eigenvalue weighted by Crippen LogP contribution is 2.41. The van der Waals surface area contributed by atoms with Gasteiger partial charge in [0.2, 0.25) is 0 Å². The maximum Gasteiger partial charge on any atom is 0.356 e. The number of amides is 2. The van der Waals surface area contributed by atoms with Crippen LogP contribution in [0.1, 0.15) is 39.6 Å². The third-order valence-corrected chi connectivity index (χ3v) is 14.5. The predicted molar refractivity (Wildman–Crippen MR) is 263 cm³/mol. The molecule has 334 valence electrons. The fourth-order valence-corrected chi connectivity index (χ4v) is 11.3. The van der Waals surface area contributed by atoms with Gasteiger partial charge in [0.05, 0.1) is 16.6 Å². The second kappa shape index (κ2) is 20.4. The van der Waals surface area contributed by atoms with Crippen LogP contribution >= 0.6 is 23.1 Å². The fourth-order valence-electron chi connectivity index (χ4n) is 8.25. The number of aromatic nitrogens is 1. The number of anilines is 1. The summed E-state index contributed by atoms with van der Waals surface area (Å²) in [6.45, 7) is 0. The first kappa shape index (κ1) is 44.8. The molecule has 3 atom stereocenters. The quantitative estimate of drug-likeness (QED) is 0.0243. The highest BCUT2D eigenvalue weighted by Gasteiger charge is 2.57. The van der Waals surface area contributed by atoms with Gasteiger partial charge < -0.3 is 20.2 Å². The summed E-state index contributed by atoms with van der Waals surface area (Å²) in [5.41, 5.74) is 3.75. The van der Waals surface area contributed by atoms with E-state index in [1.807, 2.05) is 146 Å². The van der Waals surface area contributed by atoms with Crippen LogP contribution in [0.2, 0.25) is 0 Å². The number of oxime groups is 1. The molecule has 1 aromatic heterocycles. The number of rotatable bonds is 16. The van der Waals surface area contributed by atoms with Crippen LogP contribution in [0.5, 0.6) is 0 Å². The van der Waals surface area contributed by atoms with Crippen molar-refractivity contribution >= 4 is 62.5 Å². The van der Waals surface area contributed by atoms with Crippen molar-refractivity contribution in [3.8, 4) is 0 Å². The molecule has 11 nitrogen and oxygen atoms in total. The highest BCUT2D eigenvalue weighted by atomic mass is 32.2. The molecule has 2 N–H and O–H groups in total. The van der Waals surface area contributed by atoms with E-state index >= 15 is 0 Å². The van der Waals surface area contributed by atoms with Gasteiger partial charge in [-0.3, -0.25) is 18.7 Å². The number of ether oxygens (including phenoxy) is 1. The Morgan fingerprint density at radius 2 is 1.30 bits per heavy atom. The molecule has 0 radical (unpaired) electrons. The van der Waals surface area contributed by atoms with Crippen LogP contribution in [0.15, 0.2) is 220 Å². The number of carbonyl (C=O) groups excluding carboxylic acids is 3. The van der Waals surface area contributed by atoms with E-state index in [9.17, 15) is 18.6 Å². The number of allylic oxidation sites excluding steroid dienone is 1. The van der Waals surface area contributed by atoms with E-state index in [0.717, 1.165) is 32.7 Å². The van der Waals surface area contributed by atoms with Gasteiger partial charge in [0.15, 0.2) is 16.9 Å². The second-order valence-corrected chi connectivity index (χ2v) is 18.8. The third kappa shape index (κ3) is 9.37. The first-order chi connectivity index (χ1) is 32.9. The molecule has 67 heavy (non-hydrogen) atoms. The average molecular weight is 942 g/mol. The number of fused-ring (bicyclic) bond motifs is 1. The van der Waals surface area contributed by atoms with Crippen LogP contribution in [0, 0.1) is 0 Å². The number of thiazole rings is 1. The molecule has 0 bridgehead atoms. The Morgan fingerprint density at radius 1 is 0.791 bits per heavy atom. The zero-order valence-corrected chi connectivity index (χ0v) is 38.5. The third-order valence-electron chi connectivity index (χ3n) is 11.3. The molecule has 3 heterocycles. The number of hydrogen-bond acceptors (Lipinski definition) is 11. The molecule has 0 saturated carbocycles. The lowest BCUT2D eigenvalue weighted by Crippen LogP contribution is -2.74. The summed E-state index contributed by atoms with van der Waals surface area (Å²) in [6.07, 6.45) is 0.883. The maximum atomic E-state index is 14.6. The van der Waals surface area contributed by atoms with Crippen molar-refractivity contribution in [2.75, 3.05) is 18.2 Å². The van der Waals surface area contributed by atoms with Gasteiger partial charge in [-0.2, -0.15) is 0 Å².